The van der Waals surface area contributed by atoms with Gasteiger partial charge in [-0.1, -0.05) is 24.3 Å². The predicted octanol–water partition coefficient (Wildman–Crippen LogP) is 2.61. The van der Waals surface area contributed by atoms with Gasteiger partial charge in [0.25, 0.3) is 0 Å². The fraction of sp³-hybridized carbons (Fsp3) is 0.312. The number of amides is 1. The number of ether oxygens (including phenoxy) is 2. The Kier molecular flexibility index (Phi) is 3.72. The molecule has 20 heavy (non-hydrogen) atoms. The molecule has 2 heterocycles. The Morgan fingerprint density at radius 1 is 1.10 bits per heavy atom. The SMILES string of the molecule is O=C(C=CC=Cc1ccc2c(c1)OCO2)N1CCCC1. The van der Waals surface area contributed by atoms with Gasteiger partial charge in [-0.3, -0.25) is 4.79 Å². The summed E-state index contributed by atoms with van der Waals surface area (Å²) in [7, 11) is 0. The first kappa shape index (κ1) is 12.8. The topological polar surface area (TPSA) is 38.8 Å². The van der Waals surface area contributed by atoms with Crippen LogP contribution in [0.5, 0.6) is 11.5 Å². The maximum absolute atomic E-state index is 11.8. The monoisotopic (exact) mass is 271 g/mol. The van der Waals surface area contributed by atoms with Crippen LogP contribution in [0.25, 0.3) is 6.08 Å². The predicted molar refractivity (Wildman–Crippen MR) is 76.6 cm³/mol. The van der Waals surface area contributed by atoms with Crippen LogP contribution < -0.4 is 9.47 Å². The van der Waals surface area contributed by atoms with Crippen LogP contribution in [0.4, 0.5) is 0 Å². The maximum atomic E-state index is 11.8. The van der Waals surface area contributed by atoms with E-state index in [1.807, 2.05) is 35.3 Å². The Morgan fingerprint density at radius 3 is 2.75 bits per heavy atom. The van der Waals surface area contributed by atoms with Crippen molar-refractivity contribution in [2.75, 3.05) is 19.9 Å². The number of benzene rings is 1. The molecule has 4 heteroatoms. The van der Waals surface area contributed by atoms with Crippen molar-refractivity contribution < 1.29 is 14.3 Å². The number of nitrogens with zero attached hydrogens (tertiary/aromatic N) is 1. The molecule has 0 aromatic heterocycles. The van der Waals surface area contributed by atoms with Crippen molar-refractivity contribution in [2.24, 2.45) is 0 Å². The third-order valence-corrected chi connectivity index (χ3v) is 3.45. The van der Waals surface area contributed by atoms with E-state index >= 15 is 0 Å². The number of allylic oxidation sites excluding steroid dienone is 2. The molecule has 0 radical (unpaired) electrons. The molecule has 104 valence electrons. The lowest BCUT2D eigenvalue weighted by molar-refractivity contribution is -0.124. The van der Waals surface area contributed by atoms with Crippen LogP contribution in [-0.2, 0) is 4.79 Å². The quantitative estimate of drug-likeness (QED) is 0.626. The van der Waals surface area contributed by atoms with E-state index in [2.05, 4.69) is 0 Å². The number of hydrogen-bond donors (Lipinski definition) is 0. The molecular weight excluding hydrogens is 254 g/mol. The van der Waals surface area contributed by atoms with E-state index in [1.54, 1.807) is 12.2 Å². The van der Waals surface area contributed by atoms with E-state index in [4.69, 9.17) is 9.47 Å². The van der Waals surface area contributed by atoms with Gasteiger partial charge in [0.2, 0.25) is 12.7 Å². The summed E-state index contributed by atoms with van der Waals surface area (Å²) < 4.78 is 10.6. The second kappa shape index (κ2) is 5.82. The zero-order valence-electron chi connectivity index (χ0n) is 11.2. The molecule has 4 nitrogen and oxygen atoms in total. The van der Waals surface area contributed by atoms with Crippen molar-refractivity contribution in [1.29, 1.82) is 0 Å². The molecule has 1 aromatic rings. The van der Waals surface area contributed by atoms with Crippen LogP contribution in [0.15, 0.2) is 36.4 Å². The maximum Gasteiger partial charge on any atom is 0.246 e. The number of carbonyl (C=O) groups excluding carboxylic acids is 1. The van der Waals surface area contributed by atoms with E-state index in [0.717, 1.165) is 43.0 Å². The zero-order chi connectivity index (χ0) is 13.8. The molecule has 1 amide bonds. The lowest BCUT2D eigenvalue weighted by Crippen LogP contribution is -2.25. The van der Waals surface area contributed by atoms with Gasteiger partial charge < -0.3 is 14.4 Å². The molecule has 0 aliphatic carbocycles. The van der Waals surface area contributed by atoms with Crippen molar-refractivity contribution in [2.45, 2.75) is 12.8 Å². The van der Waals surface area contributed by atoms with Crippen LogP contribution in [0.3, 0.4) is 0 Å². The summed E-state index contributed by atoms with van der Waals surface area (Å²) in [5.41, 5.74) is 1.02. The number of fused-ring (bicyclic) bond motifs is 1. The van der Waals surface area contributed by atoms with Gasteiger partial charge in [-0.25, -0.2) is 0 Å². The lowest BCUT2D eigenvalue weighted by Gasteiger charge is -2.11. The molecule has 3 rings (SSSR count). The van der Waals surface area contributed by atoms with Gasteiger partial charge in [-0.05, 0) is 30.5 Å². The van der Waals surface area contributed by atoms with Crippen molar-refractivity contribution in [1.82, 2.24) is 4.90 Å². The Balaban J connectivity index is 1.58. The van der Waals surface area contributed by atoms with E-state index in [9.17, 15) is 4.79 Å². The molecular formula is C16H17NO3. The molecule has 0 unspecified atom stereocenters. The smallest absolute Gasteiger partial charge is 0.246 e. The highest BCUT2D eigenvalue weighted by Crippen LogP contribution is 2.32. The van der Waals surface area contributed by atoms with E-state index in [1.165, 1.54) is 0 Å². The lowest BCUT2D eigenvalue weighted by atomic mass is 10.2. The van der Waals surface area contributed by atoms with Gasteiger partial charge >= 0.3 is 0 Å². The molecule has 2 aliphatic heterocycles. The highest BCUT2D eigenvalue weighted by atomic mass is 16.7. The molecule has 0 saturated carbocycles. The summed E-state index contributed by atoms with van der Waals surface area (Å²) in [5, 5.41) is 0. The Bertz CT molecular complexity index is 557. The van der Waals surface area contributed by atoms with Crippen molar-refractivity contribution >= 4 is 12.0 Å². The van der Waals surface area contributed by atoms with Gasteiger partial charge in [-0.2, -0.15) is 0 Å². The van der Waals surface area contributed by atoms with E-state index < -0.39 is 0 Å². The highest BCUT2D eigenvalue weighted by Gasteiger charge is 2.14. The standard InChI is InChI=1S/C16H17NO3/c18-16(17-9-3-4-10-17)6-2-1-5-13-7-8-14-15(11-13)20-12-19-14/h1-2,5-8,11H,3-4,9-10,12H2. The third kappa shape index (κ3) is 2.85. The van der Waals surface area contributed by atoms with Crippen molar-refractivity contribution in [3.05, 3.63) is 42.0 Å². The molecule has 0 N–H and O–H groups in total. The molecule has 0 atom stereocenters. The van der Waals surface area contributed by atoms with Crippen LogP contribution in [0.1, 0.15) is 18.4 Å². The average molecular weight is 271 g/mol. The Hall–Kier alpha value is -2.23. The van der Waals surface area contributed by atoms with Crippen LogP contribution in [0.2, 0.25) is 0 Å². The van der Waals surface area contributed by atoms with E-state index in [0.29, 0.717) is 0 Å². The molecule has 2 aliphatic rings. The summed E-state index contributed by atoms with van der Waals surface area (Å²) in [5.74, 6) is 1.64. The fourth-order valence-corrected chi connectivity index (χ4v) is 2.36. The van der Waals surface area contributed by atoms with Crippen molar-refractivity contribution in [3.8, 4) is 11.5 Å². The Morgan fingerprint density at radius 2 is 1.90 bits per heavy atom. The zero-order valence-corrected chi connectivity index (χ0v) is 11.2. The number of hydrogen-bond acceptors (Lipinski definition) is 3. The summed E-state index contributed by atoms with van der Waals surface area (Å²) in [6.45, 7) is 2.05. The normalized spacial score (nSPS) is 17.5. The van der Waals surface area contributed by atoms with E-state index in [-0.39, 0.29) is 12.7 Å². The first-order valence-corrected chi connectivity index (χ1v) is 6.86. The highest BCUT2D eigenvalue weighted by molar-refractivity contribution is 5.88. The first-order chi connectivity index (χ1) is 9.83. The van der Waals surface area contributed by atoms with Crippen molar-refractivity contribution in [3.63, 3.8) is 0 Å². The number of rotatable bonds is 3. The first-order valence-electron chi connectivity index (χ1n) is 6.86. The van der Waals surface area contributed by atoms with Gasteiger partial charge in [0.1, 0.15) is 0 Å². The average Bonchev–Trinajstić information content (AvgIpc) is 3.13. The summed E-state index contributed by atoms with van der Waals surface area (Å²) >= 11 is 0. The van der Waals surface area contributed by atoms with Crippen LogP contribution in [0, 0.1) is 0 Å². The summed E-state index contributed by atoms with van der Waals surface area (Å²) in [6.07, 6.45) is 9.44. The third-order valence-electron chi connectivity index (χ3n) is 3.45. The van der Waals surface area contributed by atoms with Crippen LogP contribution in [-0.4, -0.2) is 30.7 Å². The largest absolute Gasteiger partial charge is 0.454 e. The molecule has 1 saturated heterocycles. The second-order valence-corrected chi connectivity index (χ2v) is 4.86. The molecule has 0 bridgehead atoms. The summed E-state index contributed by atoms with van der Waals surface area (Å²) in [4.78, 5) is 13.7. The Labute approximate surface area is 118 Å². The fourth-order valence-electron chi connectivity index (χ4n) is 2.36. The minimum absolute atomic E-state index is 0.0952. The molecule has 1 fully saturated rings. The van der Waals surface area contributed by atoms with Gasteiger partial charge in [0.05, 0.1) is 0 Å². The minimum Gasteiger partial charge on any atom is -0.454 e. The minimum atomic E-state index is 0.0952. The second-order valence-electron chi connectivity index (χ2n) is 4.86. The van der Waals surface area contributed by atoms with Gasteiger partial charge in [0, 0.05) is 19.2 Å². The molecule has 0 spiro atoms. The number of carbonyl (C=O) groups is 1. The van der Waals surface area contributed by atoms with Gasteiger partial charge in [0.15, 0.2) is 11.5 Å². The molecule has 1 aromatic carbocycles. The van der Waals surface area contributed by atoms with Crippen LogP contribution >= 0.6 is 0 Å². The number of likely N-dealkylation sites (tertiary alicyclic amines) is 1. The summed E-state index contributed by atoms with van der Waals surface area (Å²) in [6, 6.07) is 5.77. The van der Waals surface area contributed by atoms with Gasteiger partial charge in [-0.15, -0.1) is 0 Å².